The lowest BCUT2D eigenvalue weighted by molar-refractivity contribution is -0.126. The largest absolute Gasteiger partial charge is 0.494 e. The van der Waals surface area contributed by atoms with Crippen molar-refractivity contribution in [2.45, 2.75) is 25.3 Å². The number of amides is 1. The highest BCUT2D eigenvalue weighted by atomic mass is 16.5. The maximum atomic E-state index is 12.0. The van der Waals surface area contributed by atoms with E-state index in [-0.39, 0.29) is 11.9 Å². The zero-order valence-electron chi connectivity index (χ0n) is 12.9. The Labute approximate surface area is 130 Å². The Morgan fingerprint density at radius 1 is 1.45 bits per heavy atom. The molecular weight excluding hydrogens is 278 g/mol. The van der Waals surface area contributed by atoms with Crippen molar-refractivity contribution in [3.63, 3.8) is 0 Å². The number of nitrogens with zero attached hydrogens (tertiary/aromatic N) is 3. The second kappa shape index (κ2) is 6.22. The Morgan fingerprint density at radius 3 is 3.09 bits per heavy atom. The zero-order valence-corrected chi connectivity index (χ0v) is 12.9. The highest BCUT2D eigenvalue weighted by Gasteiger charge is 2.23. The standard InChI is InChI=1S/C17H21N3O2/c1-3-16(21)19-10-5-4-7-13(11-19)20-12-18-14-8-6-9-15(22-2)17(14)20/h3,6,8-9,12-13H,1,4-5,7,10-11H2,2H3. The maximum absolute atomic E-state index is 12.0. The minimum Gasteiger partial charge on any atom is -0.494 e. The topological polar surface area (TPSA) is 47.4 Å². The molecule has 1 aliphatic heterocycles. The fourth-order valence-electron chi connectivity index (χ4n) is 3.17. The molecule has 0 radical (unpaired) electrons. The molecule has 1 aromatic carbocycles. The number of methoxy groups -OCH3 is 1. The van der Waals surface area contributed by atoms with Crippen LogP contribution in [0.2, 0.25) is 0 Å². The molecule has 0 aliphatic carbocycles. The van der Waals surface area contributed by atoms with Crippen LogP contribution in [0, 0.1) is 0 Å². The second-order valence-corrected chi connectivity index (χ2v) is 5.62. The monoisotopic (exact) mass is 299 g/mol. The quantitative estimate of drug-likeness (QED) is 0.819. The van der Waals surface area contributed by atoms with Crippen molar-refractivity contribution in [2.24, 2.45) is 0 Å². The van der Waals surface area contributed by atoms with E-state index < -0.39 is 0 Å². The Bertz CT molecular complexity index is 692. The number of benzene rings is 1. The Hall–Kier alpha value is -2.30. The van der Waals surface area contributed by atoms with Crippen LogP contribution in [0.3, 0.4) is 0 Å². The average molecular weight is 299 g/mol. The highest BCUT2D eigenvalue weighted by molar-refractivity contribution is 5.87. The van der Waals surface area contributed by atoms with Crippen molar-refractivity contribution in [3.05, 3.63) is 37.2 Å². The molecule has 1 aliphatic rings. The van der Waals surface area contributed by atoms with Crippen LogP contribution < -0.4 is 4.74 Å². The molecule has 2 aromatic rings. The molecule has 3 rings (SSSR count). The van der Waals surface area contributed by atoms with E-state index >= 15 is 0 Å². The van der Waals surface area contributed by atoms with E-state index in [1.54, 1.807) is 7.11 Å². The first-order valence-corrected chi connectivity index (χ1v) is 7.65. The van der Waals surface area contributed by atoms with Gasteiger partial charge in [0.05, 0.1) is 25.0 Å². The summed E-state index contributed by atoms with van der Waals surface area (Å²) < 4.78 is 7.64. The smallest absolute Gasteiger partial charge is 0.246 e. The third kappa shape index (κ3) is 2.58. The molecule has 0 bridgehead atoms. The van der Waals surface area contributed by atoms with Crippen molar-refractivity contribution in [3.8, 4) is 5.75 Å². The molecule has 2 heterocycles. The lowest BCUT2D eigenvalue weighted by Crippen LogP contribution is -2.34. The molecular formula is C17H21N3O2. The first kappa shape index (κ1) is 14.6. The summed E-state index contributed by atoms with van der Waals surface area (Å²) in [4.78, 5) is 18.3. The van der Waals surface area contributed by atoms with Gasteiger partial charge in [-0.05, 0) is 37.5 Å². The van der Waals surface area contributed by atoms with Crippen molar-refractivity contribution < 1.29 is 9.53 Å². The van der Waals surface area contributed by atoms with Crippen molar-refractivity contribution in [1.29, 1.82) is 0 Å². The molecule has 5 heteroatoms. The number of carbonyl (C=O) groups is 1. The fraction of sp³-hybridized carbons (Fsp3) is 0.412. The Balaban J connectivity index is 1.98. The Morgan fingerprint density at radius 2 is 2.32 bits per heavy atom. The van der Waals surface area contributed by atoms with E-state index in [0.717, 1.165) is 42.6 Å². The van der Waals surface area contributed by atoms with Gasteiger partial charge in [0.2, 0.25) is 5.91 Å². The van der Waals surface area contributed by atoms with Gasteiger partial charge in [0.25, 0.3) is 0 Å². The van der Waals surface area contributed by atoms with Crippen molar-refractivity contribution in [1.82, 2.24) is 14.5 Å². The van der Waals surface area contributed by atoms with E-state index in [0.29, 0.717) is 6.54 Å². The SMILES string of the molecule is C=CC(=O)N1CCCCC(n2cnc3cccc(OC)c32)C1. The molecule has 1 unspecified atom stereocenters. The maximum Gasteiger partial charge on any atom is 0.246 e. The molecule has 116 valence electrons. The molecule has 1 aromatic heterocycles. The molecule has 1 fully saturated rings. The van der Waals surface area contributed by atoms with E-state index in [1.165, 1.54) is 6.08 Å². The van der Waals surface area contributed by atoms with Crippen LogP contribution in [0.4, 0.5) is 0 Å². The number of likely N-dealkylation sites (tertiary alicyclic amines) is 1. The van der Waals surface area contributed by atoms with Gasteiger partial charge < -0.3 is 14.2 Å². The third-order valence-electron chi connectivity index (χ3n) is 4.30. The van der Waals surface area contributed by atoms with E-state index in [4.69, 9.17) is 4.74 Å². The van der Waals surface area contributed by atoms with Gasteiger partial charge in [-0.1, -0.05) is 12.6 Å². The number of hydrogen-bond acceptors (Lipinski definition) is 3. The van der Waals surface area contributed by atoms with E-state index in [1.807, 2.05) is 29.4 Å². The highest BCUT2D eigenvalue weighted by Crippen LogP contribution is 2.30. The summed E-state index contributed by atoms with van der Waals surface area (Å²) in [5.41, 5.74) is 1.92. The summed E-state index contributed by atoms with van der Waals surface area (Å²) in [7, 11) is 1.67. The van der Waals surface area contributed by atoms with E-state index in [9.17, 15) is 4.79 Å². The molecule has 22 heavy (non-hydrogen) atoms. The van der Waals surface area contributed by atoms with Crippen LogP contribution in [0.1, 0.15) is 25.3 Å². The summed E-state index contributed by atoms with van der Waals surface area (Å²) >= 11 is 0. The molecule has 0 saturated carbocycles. The van der Waals surface area contributed by atoms with Gasteiger partial charge in [-0.15, -0.1) is 0 Å². The molecule has 1 atom stereocenters. The number of imidazole rings is 1. The van der Waals surface area contributed by atoms with Crippen LogP contribution in [0.15, 0.2) is 37.2 Å². The zero-order chi connectivity index (χ0) is 15.5. The first-order chi connectivity index (χ1) is 10.7. The van der Waals surface area contributed by atoms with Crippen LogP contribution in [-0.4, -0.2) is 40.6 Å². The number of para-hydroxylation sites is 1. The van der Waals surface area contributed by atoms with Gasteiger partial charge >= 0.3 is 0 Å². The van der Waals surface area contributed by atoms with Crippen molar-refractivity contribution in [2.75, 3.05) is 20.2 Å². The van der Waals surface area contributed by atoms with Gasteiger partial charge in [-0.25, -0.2) is 4.98 Å². The van der Waals surface area contributed by atoms with Gasteiger partial charge in [-0.2, -0.15) is 0 Å². The summed E-state index contributed by atoms with van der Waals surface area (Å²) in [6.07, 6.45) is 6.42. The van der Waals surface area contributed by atoms with Crippen LogP contribution in [0.25, 0.3) is 11.0 Å². The number of carbonyl (C=O) groups excluding carboxylic acids is 1. The fourth-order valence-corrected chi connectivity index (χ4v) is 3.17. The van der Waals surface area contributed by atoms with Gasteiger partial charge in [0.15, 0.2) is 0 Å². The number of rotatable bonds is 3. The number of hydrogen-bond donors (Lipinski definition) is 0. The second-order valence-electron chi connectivity index (χ2n) is 5.62. The lowest BCUT2D eigenvalue weighted by atomic mass is 10.1. The average Bonchev–Trinajstić information content (AvgIpc) is 2.84. The van der Waals surface area contributed by atoms with Crippen LogP contribution >= 0.6 is 0 Å². The Kier molecular flexibility index (Phi) is 4.13. The van der Waals surface area contributed by atoms with Gasteiger partial charge in [0.1, 0.15) is 11.3 Å². The van der Waals surface area contributed by atoms with Gasteiger partial charge in [-0.3, -0.25) is 4.79 Å². The lowest BCUT2D eigenvalue weighted by Gasteiger charge is -2.25. The summed E-state index contributed by atoms with van der Waals surface area (Å²) in [6.45, 7) is 5.09. The molecule has 0 spiro atoms. The van der Waals surface area contributed by atoms with Gasteiger partial charge in [0, 0.05) is 13.1 Å². The molecule has 5 nitrogen and oxygen atoms in total. The normalized spacial score (nSPS) is 19.0. The van der Waals surface area contributed by atoms with Crippen molar-refractivity contribution >= 4 is 16.9 Å². The minimum atomic E-state index is 0.00304. The number of aromatic nitrogens is 2. The summed E-state index contributed by atoms with van der Waals surface area (Å²) in [6, 6.07) is 6.09. The van der Waals surface area contributed by atoms with Crippen LogP contribution in [-0.2, 0) is 4.79 Å². The predicted molar refractivity (Wildman–Crippen MR) is 86.0 cm³/mol. The minimum absolute atomic E-state index is 0.00304. The van der Waals surface area contributed by atoms with E-state index in [2.05, 4.69) is 16.1 Å². The summed E-state index contributed by atoms with van der Waals surface area (Å²) in [5, 5.41) is 0. The number of ether oxygens (including phenoxy) is 1. The molecule has 1 saturated heterocycles. The number of fused-ring (bicyclic) bond motifs is 1. The molecule has 0 N–H and O–H groups in total. The first-order valence-electron chi connectivity index (χ1n) is 7.65. The third-order valence-corrected chi connectivity index (χ3v) is 4.30. The van der Waals surface area contributed by atoms with Crippen LogP contribution in [0.5, 0.6) is 5.75 Å². The predicted octanol–water partition coefficient (Wildman–Crippen LogP) is 2.78. The molecule has 1 amide bonds. The summed E-state index contributed by atoms with van der Waals surface area (Å²) in [5.74, 6) is 0.823.